The smallest absolute Gasteiger partial charge is 0.243 e. The van der Waals surface area contributed by atoms with Gasteiger partial charge < -0.3 is 9.73 Å². The van der Waals surface area contributed by atoms with Crippen LogP contribution in [0.4, 0.5) is 5.69 Å². The Kier molecular flexibility index (Phi) is 2.91. The summed E-state index contributed by atoms with van der Waals surface area (Å²) in [7, 11) is 0. The quantitative estimate of drug-likeness (QED) is 0.681. The van der Waals surface area contributed by atoms with Gasteiger partial charge in [0.1, 0.15) is 0 Å². The largest absolute Gasteiger partial charge is 0.461 e. The number of Topliss-reactive ketones (excluding diaryl/α,β-unsaturated/α-hetero) is 2. The average Bonchev–Trinajstić information content (AvgIpc) is 2.91. The van der Waals surface area contributed by atoms with Gasteiger partial charge in [0.2, 0.25) is 11.7 Å². The fourth-order valence-corrected chi connectivity index (χ4v) is 2.29. The standard InChI is InChI=1S/C14H8ClNO4/c15-7-3-4-8-9(6-7)16-14(19)11(12(8)17)13(18)10-2-1-5-20-10/h1-6,11H,(H,16,19). The van der Waals surface area contributed by atoms with Gasteiger partial charge in [0.15, 0.2) is 17.5 Å². The fourth-order valence-electron chi connectivity index (χ4n) is 2.11. The Balaban J connectivity index is 2.03. The number of furan rings is 1. The predicted octanol–water partition coefficient (Wildman–Crippen LogP) is 2.57. The van der Waals surface area contributed by atoms with E-state index in [9.17, 15) is 14.4 Å². The molecule has 1 aromatic carbocycles. The highest BCUT2D eigenvalue weighted by molar-refractivity contribution is 6.35. The summed E-state index contributed by atoms with van der Waals surface area (Å²) in [5.41, 5.74) is 0.579. The number of hydrogen-bond donors (Lipinski definition) is 1. The summed E-state index contributed by atoms with van der Waals surface area (Å²) >= 11 is 5.81. The molecule has 100 valence electrons. The topological polar surface area (TPSA) is 76.4 Å². The lowest BCUT2D eigenvalue weighted by atomic mass is 9.87. The van der Waals surface area contributed by atoms with E-state index in [2.05, 4.69) is 5.32 Å². The number of benzene rings is 1. The summed E-state index contributed by atoms with van der Waals surface area (Å²) in [6.07, 6.45) is 1.31. The number of rotatable bonds is 2. The van der Waals surface area contributed by atoms with E-state index in [1.807, 2.05) is 0 Å². The molecule has 1 aliphatic heterocycles. The van der Waals surface area contributed by atoms with Crippen molar-refractivity contribution in [2.75, 3.05) is 5.32 Å². The van der Waals surface area contributed by atoms with Crippen molar-refractivity contribution in [3.63, 3.8) is 0 Å². The number of fused-ring (bicyclic) bond motifs is 1. The van der Waals surface area contributed by atoms with E-state index in [0.717, 1.165) is 0 Å². The summed E-state index contributed by atoms with van der Waals surface area (Å²) in [6.45, 7) is 0. The van der Waals surface area contributed by atoms with Gasteiger partial charge in [-0.1, -0.05) is 11.6 Å². The van der Waals surface area contributed by atoms with E-state index in [4.69, 9.17) is 16.0 Å². The molecule has 1 aliphatic rings. The molecule has 1 aromatic heterocycles. The SMILES string of the molecule is O=C1Nc2cc(Cl)ccc2C(=O)C1C(=O)c1ccco1. The Morgan fingerprint density at radius 1 is 1.25 bits per heavy atom. The first-order valence-electron chi connectivity index (χ1n) is 5.80. The average molecular weight is 290 g/mol. The number of halogens is 1. The molecule has 1 atom stereocenters. The Morgan fingerprint density at radius 2 is 2.05 bits per heavy atom. The Morgan fingerprint density at radius 3 is 2.75 bits per heavy atom. The van der Waals surface area contributed by atoms with Crippen molar-refractivity contribution >= 4 is 34.8 Å². The Hall–Kier alpha value is -2.40. The van der Waals surface area contributed by atoms with Gasteiger partial charge in [-0.05, 0) is 30.3 Å². The maximum absolute atomic E-state index is 12.3. The van der Waals surface area contributed by atoms with E-state index in [-0.39, 0.29) is 11.3 Å². The third-order valence-electron chi connectivity index (χ3n) is 3.06. The molecule has 2 heterocycles. The minimum absolute atomic E-state index is 0.0177. The minimum atomic E-state index is -1.42. The van der Waals surface area contributed by atoms with Crippen LogP contribution < -0.4 is 5.32 Å². The molecule has 0 spiro atoms. The van der Waals surface area contributed by atoms with Gasteiger partial charge in [-0.15, -0.1) is 0 Å². The van der Waals surface area contributed by atoms with E-state index < -0.39 is 23.4 Å². The molecular weight excluding hydrogens is 282 g/mol. The molecule has 6 heteroatoms. The molecule has 0 saturated heterocycles. The lowest BCUT2D eigenvalue weighted by Crippen LogP contribution is -2.40. The summed E-state index contributed by atoms with van der Waals surface area (Å²) < 4.78 is 4.95. The summed E-state index contributed by atoms with van der Waals surface area (Å²) in [4.78, 5) is 36.4. The number of hydrogen-bond acceptors (Lipinski definition) is 4. The van der Waals surface area contributed by atoms with E-state index >= 15 is 0 Å². The van der Waals surface area contributed by atoms with Gasteiger partial charge >= 0.3 is 0 Å². The summed E-state index contributed by atoms with van der Waals surface area (Å²) in [5, 5.41) is 2.91. The number of anilines is 1. The first-order valence-corrected chi connectivity index (χ1v) is 6.18. The lowest BCUT2D eigenvalue weighted by molar-refractivity contribution is -0.117. The summed E-state index contributed by atoms with van der Waals surface area (Å²) in [6, 6.07) is 7.43. The molecule has 0 radical (unpaired) electrons. The maximum atomic E-state index is 12.3. The predicted molar refractivity (Wildman–Crippen MR) is 70.9 cm³/mol. The van der Waals surface area contributed by atoms with Crippen molar-refractivity contribution in [3.05, 3.63) is 52.9 Å². The highest BCUT2D eigenvalue weighted by Gasteiger charge is 2.41. The molecule has 3 rings (SSSR count). The third kappa shape index (κ3) is 1.92. The zero-order valence-electron chi connectivity index (χ0n) is 10.1. The van der Waals surface area contributed by atoms with Crippen LogP contribution in [0, 0.1) is 5.92 Å². The molecule has 1 N–H and O–H groups in total. The highest BCUT2D eigenvalue weighted by Crippen LogP contribution is 2.29. The zero-order valence-corrected chi connectivity index (χ0v) is 10.8. The third-order valence-corrected chi connectivity index (χ3v) is 3.29. The zero-order chi connectivity index (χ0) is 14.3. The van der Waals surface area contributed by atoms with Crippen LogP contribution in [0.5, 0.6) is 0 Å². The van der Waals surface area contributed by atoms with Gasteiger partial charge in [-0.25, -0.2) is 0 Å². The van der Waals surface area contributed by atoms with Gasteiger partial charge in [-0.2, -0.15) is 0 Å². The van der Waals surface area contributed by atoms with Gasteiger partial charge in [0.25, 0.3) is 0 Å². The molecule has 1 amide bonds. The van der Waals surface area contributed by atoms with Crippen LogP contribution in [0.2, 0.25) is 5.02 Å². The van der Waals surface area contributed by atoms with Crippen LogP contribution in [-0.4, -0.2) is 17.5 Å². The van der Waals surface area contributed by atoms with Crippen LogP contribution in [-0.2, 0) is 4.79 Å². The van der Waals surface area contributed by atoms with Crippen molar-refractivity contribution in [2.45, 2.75) is 0 Å². The van der Waals surface area contributed by atoms with Crippen molar-refractivity contribution in [1.82, 2.24) is 0 Å². The number of carbonyl (C=O) groups is 3. The molecule has 2 aromatic rings. The van der Waals surface area contributed by atoms with Crippen LogP contribution in [0.1, 0.15) is 20.9 Å². The molecular formula is C14H8ClNO4. The maximum Gasteiger partial charge on any atom is 0.243 e. The Bertz CT molecular complexity index is 721. The number of amides is 1. The van der Waals surface area contributed by atoms with Crippen LogP contribution in [0.3, 0.4) is 0 Å². The molecule has 0 bridgehead atoms. The number of nitrogens with one attached hydrogen (secondary N) is 1. The molecule has 20 heavy (non-hydrogen) atoms. The van der Waals surface area contributed by atoms with E-state index in [1.165, 1.54) is 36.6 Å². The van der Waals surface area contributed by atoms with Crippen molar-refractivity contribution < 1.29 is 18.8 Å². The molecule has 0 saturated carbocycles. The lowest BCUT2D eigenvalue weighted by Gasteiger charge is -2.22. The monoisotopic (exact) mass is 289 g/mol. The molecule has 1 unspecified atom stereocenters. The highest BCUT2D eigenvalue weighted by atomic mass is 35.5. The molecule has 5 nitrogen and oxygen atoms in total. The Labute approximate surface area is 118 Å². The fraction of sp³-hybridized carbons (Fsp3) is 0.0714. The second kappa shape index (κ2) is 4.61. The van der Waals surface area contributed by atoms with Crippen LogP contribution in [0.15, 0.2) is 41.0 Å². The molecule has 0 aliphatic carbocycles. The van der Waals surface area contributed by atoms with Crippen LogP contribution >= 0.6 is 11.6 Å². The normalized spacial score (nSPS) is 17.6. The van der Waals surface area contributed by atoms with Crippen molar-refractivity contribution in [2.24, 2.45) is 5.92 Å². The van der Waals surface area contributed by atoms with Crippen molar-refractivity contribution in [3.8, 4) is 0 Å². The number of ketones is 2. The second-order valence-corrected chi connectivity index (χ2v) is 4.75. The van der Waals surface area contributed by atoms with Gasteiger partial charge in [0, 0.05) is 10.6 Å². The van der Waals surface area contributed by atoms with Crippen LogP contribution in [0.25, 0.3) is 0 Å². The summed E-state index contributed by atoms with van der Waals surface area (Å²) in [5.74, 6) is -3.32. The number of carbonyl (C=O) groups excluding carboxylic acids is 3. The van der Waals surface area contributed by atoms with Gasteiger partial charge in [0.05, 0.1) is 12.0 Å². The van der Waals surface area contributed by atoms with E-state index in [1.54, 1.807) is 0 Å². The first-order chi connectivity index (χ1) is 9.58. The van der Waals surface area contributed by atoms with E-state index in [0.29, 0.717) is 10.7 Å². The minimum Gasteiger partial charge on any atom is -0.461 e. The molecule has 0 fully saturated rings. The van der Waals surface area contributed by atoms with Gasteiger partial charge in [-0.3, -0.25) is 14.4 Å². The second-order valence-electron chi connectivity index (χ2n) is 4.32. The first kappa shape index (κ1) is 12.6. The van der Waals surface area contributed by atoms with Crippen molar-refractivity contribution in [1.29, 1.82) is 0 Å².